The smallest absolute Gasteiger partial charge is 0.416 e. The minimum Gasteiger partial charge on any atom is -0.459 e. The summed E-state index contributed by atoms with van der Waals surface area (Å²) in [7, 11) is 5.30. The summed E-state index contributed by atoms with van der Waals surface area (Å²) < 4.78 is 39.4. The van der Waals surface area contributed by atoms with Gasteiger partial charge in [-0.2, -0.15) is 0 Å². The molecule has 6 heterocycles. The van der Waals surface area contributed by atoms with Crippen molar-refractivity contribution in [3.8, 4) is 0 Å². The van der Waals surface area contributed by atoms with E-state index in [1.54, 1.807) is 46.2 Å². The third-order valence-corrected chi connectivity index (χ3v) is 16.9. The second-order valence-electron chi connectivity index (χ2n) is 21.8. The number of hydrogen-bond donors (Lipinski definition) is 5. The van der Waals surface area contributed by atoms with Gasteiger partial charge in [-0.3, -0.25) is 4.79 Å². The summed E-state index contributed by atoms with van der Waals surface area (Å²) in [5.41, 5.74) is -2.92. The number of aryl methyl sites for hydroxylation is 1. The number of ether oxygens (including phenoxy) is 6. The number of cyclic esters (lactones) is 2. The van der Waals surface area contributed by atoms with Crippen LogP contribution >= 0.6 is 11.3 Å². The van der Waals surface area contributed by atoms with Crippen molar-refractivity contribution < 1.29 is 63.5 Å². The van der Waals surface area contributed by atoms with Gasteiger partial charge in [-0.1, -0.05) is 32.9 Å². The van der Waals surface area contributed by atoms with Crippen LogP contribution in [-0.2, 0) is 46.2 Å². The molecule has 20 nitrogen and oxygen atoms in total. The number of nitrogens with zero attached hydrogens (tertiary/aromatic N) is 7. The molecule has 5 N–H and O–H groups in total. The fraction of sp³-hybridized carbons (Fsp3) is 0.857. The monoisotopic (exact) mass is 1010 g/mol. The lowest BCUT2D eigenvalue weighted by Crippen LogP contribution is -2.62. The van der Waals surface area contributed by atoms with Crippen LogP contribution in [0.1, 0.15) is 106 Å². The Hall–Kier alpha value is -2.93. The minimum absolute atomic E-state index is 0.180. The van der Waals surface area contributed by atoms with E-state index in [0.29, 0.717) is 44.2 Å². The van der Waals surface area contributed by atoms with Gasteiger partial charge in [-0.05, 0) is 93.7 Å². The minimum atomic E-state index is -1.82. The molecule has 398 valence electrons. The number of anilines is 1. The summed E-state index contributed by atoms with van der Waals surface area (Å²) in [6.45, 7) is 21.4. The van der Waals surface area contributed by atoms with E-state index in [-0.39, 0.29) is 31.3 Å². The highest BCUT2D eigenvalue weighted by atomic mass is 32.1. The van der Waals surface area contributed by atoms with Crippen molar-refractivity contribution in [3.63, 3.8) is 0 Å². The van der Waals surface area contributed by atoms with Gasteiger partial charge >= 0.3 is 12.1 Å². The summed E-state index contributed by atoms with van der Waals surface area (Å²) in [6.07, 6.45) is -6.02. The average Bonchev–Trinajstić information content (AvgIpc) is 4.04. The van der Waals surface area contributed by atoms with Gasteiger partial charge in [0.25, 0.3) is 0 Å². The van der Waals surface area contributed by atoms with Gasteiger partial charge in [0.2, 0.25) is 0 Å². The van der Waals surface area contributed by atoms with Gasteiger partial charge in [0.05, 0.1) is 66.0 Å². The number of likely N-dealkylation sites (N-methyl/N-ethyl adjacent to an activating group) is 2. The Labute approximate surface area is 417 Å². The van der Waals surface area contributed by atoms with E-state index < -0.39 is 114 Å². The molecule has 4 saturated heterocycles. The van der Waals surface area contributed by atoms with Crippen LogP contribution in [-0.4, -0.2) is 198 Å². The third-order valence-electron chi connectivity index (χ3n) is 15.9. The fourth-order valence-electron chi connectivity index (χ4n) is 11.7. The average molecular weight is 1010 g/mol. The molecule has 19 atom stereocenters. The molecule has 2 aromatic rings. The summed E-state index contributed by atoms with van der Waals surface area (Å²) in [5, 5.41) is 71.2. The maximum absolute atomic E-state index is 14.6. The Morgan fingerprint density at radius 1 is 0.986 bits per heavy atom. The Bertz CT molecular complexity index is 2040. The maximum atomic E-state index is 14.6. The molecule has 21 heteroatoms. The second kappa shape index (κ2) is 22.7. The van der Waals surface area contributed by atoms with E-state index in [1.165, 1.54) is 30.3 Å². The summed E-state index contributed by atoms with van der Waals surface area (Å²) in [6, 6.07) is -0.996. The molecule has 6 rings (SSSR count). The van der Waals surface area contributed by atoms with Crippen LogP contribution in [0, 0.1) is 30.6 Å². The van der Waals surface area contributed by atoms with Crippen molar-refractivity contribution in [2.45, 2.75) is 205 Å². The molecule has 4 aliphatic rings. The normalized spacial score (nSPS) is 42.1. The van der Waals surface area contributed by atoms with Gasteiger partial charge in [0.15, 0.2) is 11.4 Å². The number of carbonyl (C=O) groups is 2. The molecule has 0 bridgehead atoms. The molecular weight excluding hydrogens is 927 g/mol. The molecule has 0 spiro atoms. The predicted octanol–water partition coefficient (Wildman–Crippen LogP) is 3.17. The number of hydrogen-bond acceptors (Lipinski definition) is 19. The Kier molecular flexibility index (Phi) is 18.3. The molecule has 0 aromatic carbocycles. The second-order valence-corrected chi connectivity index (χ2v) is 22.7. The van der Waals surface area contributed by atoms with Crippen LogP contribution in [0.5, 0.6) is 0 Å². The number of rotatable bonds is 12. The molecule has 2 aromatic heterocycles. The van der Waals surface area contributed by atoms with Gasteiger partial charge in [0, 0.05) is 62.6 Å². The Balaban J connectivity index is 1.25. The summed E-state index contributed by atoms with van der Waals surface area (Å²) >= 11 is 1.39. The zero-order chi connectivity index (χ0) is 51.8. The molecule has 0 radical (unpaired) electrons. The molecule has 2 unspecified atom stereocenters. The molecule has 1 amide bonds. The SMILES string of the molecule is CC[C@H]1OC(=O)[C@H](C)[C@@H](C2C[C@@](C)(OC)[C@@H](O)[C@H](C)O2)[C@H](C)[C@@H](O[C@@H]2O[C@H](C)C[C@H](N(C)CCc3cn(CC4CN(c5nc(C)cs5)C(=O)O4)nn3)[C@H]2O)[C@](C)(O)C[C@@H](C)CN(C)[C@H](C)[C@@H](O)[C@]1(C)O. The van der Waals surface area contributed by atoms with E-state index in [2.05, 4.69) is 15.3 Å². The van der Waals surface area contributed by atoms with Crippen LogP contribution in [0.15, 0.2) is 11.6 Å². The first-order chi connectivity index (χ1) is 32.7. The number of aliphatic hydroxyl groups is 5. The van der Waals surface area contributed by atoms with Crippen LogP contribution in [0.3, 0.4) is 0 Å². The quantitative estimate of drug-likeness (QED) is 0.192. The lowest BCUT2D eigenvalue weighted by Gasteiger charge is -2.51. The summed E-state index contributed by atoms with van der Waals surface area (Å²) in [4.78, 5) is 37.1. The van der Waals surface area contributed by atoms with E-state index >= 15 is 0 Å². The van der Waals surface area contributed by atoms with Gasteiger partial charge < -0.3 is 63.8 Å². The number of carbonyl (C=O) groups excluding carboxylic acids is 2. The van der Waals surface area contributed by atoms with Crippen LogP contribution < -0.4 is 4.90 Å². The molecule has 4 fully saturated rings. The maximum Gasteiger partial charge on any atom is 0.416 e. The molecular formula is C49H83N7O13S. The van der Waals surface area contributed by atoms with Crippen LogP contribution in [0.4, 0.5) is 9.93 Å². The first kappa shape index (κ1) is 56.4. The number of aromatic nitrogens is 4. The van der Waals surface area contributed by atoms with Crippen LogP contribution in [0.2, 0.25) is 0 Å². The zero-order valence-corrected chi connectivity index (χ0v) is 44.6. The standard InChI is InChI=1S/C49H83N7O13S/c1-15-37-49(11,63)40(58)31(7)54(13)21-26(2)19-47(9,62)42(29(5)38(30(6)43(60)68-37)36-20-48(10,64-14)41(59)32(8)66-36)69-44-39(57)35(18-28(4)65-44)53(12)17-16-33-22-55(52-51-33)23-34-24-56(46(61)67-34)45-50-27(3)25-70-45/h22,25-26,28-32,34-42,44,57-59,62-63H,15-21,23-24H2,1-14H3/t26-,28-,29+,30-,31-,32+,34?,35+,36?,37-,38+,39-,40-,41+,42-,44+,47-,48-,49-/m1/s1. The van der Waals surface area contributed by atoms with Crippen molar-refractivity contribution >= 4 is 28.5 Å². The number of aliphatic hydroxyl groups excluding tert-OH is 3. The number of amides is 1. The van der Waals surface area contributed by atoms with Crippen molar-refractivity contribution in [1.29, 1.82) is 0 Å². The third kappa shape index (κ3) is 12.3. The summed E-state index contributed by atoms with van der Waals surface area (Å²) in [5.74, 6) is -3.18. The van der Waals surface area contributed by atoms with E-state index in [9.17, 15) is 35.1 Å². The first-order valence-electron chi connectivity index (χ1n) is 25.1. The van der Waals surface area contributed by atoms with E-state index in [4.69, 9.17) is 28.4 Å². The topological polar surface area (TPSA) is 244 Å². The van der Waals surface area contributed by atoms with Crippen molar-refractivity contribution in [1.82, 2.24) is 29.8 Å². The largest absolute Gasteiger partial charge is 0.459 e. The first-order valence-corrected chi connectivity index (χ1v) is 26.0. The molecule has 0 saturated carbocycles. The van der Waals surface area contributed by atoms with Crippen molar-refractivity contribution in [2.75, 3.05) is 45.7 Å². The number of thiazole rings is 1. The Morgan fingerprint density at radius 3 is 2.33 bits per heavy atom. The highest BCUT2D eigenvalue weighted by Gasteiger charge is 2.55. The van der Waals surface area contributed by atoms with Crippen molar-refractivity contribution in [3.05, 3.63) is 23.0 Å². The molecule has 70 heavy (non-hydrogen) atoms. The Morgan fingerprint density at radius 2 is 1.69 bits per heavy atom. The lowest BCUT2D eigenvalue weighted by atomic mass is 9.68. The van der Waals surface area contributed by atoms with Crippen molar-refractivity contribution in [2.24, 2.45) is 23.7 Å². The van der Waals surface area contributed by atoms with E-state index in [1.807, 2.05) is 63.2 Å². The zero-order valence-electron chi connectivity index (χ0n) is 43.8. The lowest BCUT2D eigenvalue weighted by molar-refractivity contribution is -0.302. The molecule has 4 aliphatic heterocycles. The van der Waals surface area contributed by atoms with Crippen LogP contribution in [0.25, 0.3) is 0 Å². The predicted molar refractivity (Wildman–Crippen MR) is 260 cm³/mol. The van der Waals surface area contributed by atoms with Gasteiger partial charge in [-0.25, -0.2) is 19.4 Å². The number of esters is 1. The van der Waals surface area contributed by atoms with E-state index in [0.717, 1.165) is 11.4 Å². The van der Waals surface area contributed by atoms with Gasteiger partial charge in [0.1, 0.15) is 36.1 Å². The fourth-order valence-corrected chi connectivity index (χ4v) is 12.5. The molecule has 0 aliphatic carbocycles. The number of methoxy groups -OCH3 is 1. The highest BCUT2D eigenvalue weighted by molar-refractivity contribution is 7.14. The van der Waals surface area contributed by atoms with Gasteiger partial charge in [-0.15, -0.1) is 16.4 Å². The highest BCUT2D eigenvalue weighted by Crippen LogP contribution is 2.45.